The van der Waals surface area contributed by atoms with E-state index < -0.39 is 22.5 Å². The summed E-state index contributed by atoms with van der Waals surface area (Å²) in [5.74, 6) is -0.735. The number of carbonyl (C=O) groups excluding carboxylic acids is 1. The SMILES string of the molecule is C=C(C(=O)OCCCS(=O)(=O)O)P(CCCC)(CCCC)(CCCC)CCCCCC. The molecule has 0 atom stereocenters. The molecular weight excluding hydrogens is 431 g/mol. The Morgan fingerprint density at radius 1 is 0.774 bits per heavy atom. The van der Waals surface area contributed by atoms with Gasteiger partial charge in [-0.05, 0) is 0 Å². The van der Waals surface area contributed by atoms with Gasteiger partial charge >= 0.3 is 192 Å². The minimum atomic E-state index is -4.04. The van der Waals surface area contributed by atoms with Crippen LogP contribution in [0, 0.1) is 0 Å². The molecular formula is C24H49O5PS. The van der Waals surface area contributed by atoms with Crippen LogP contribution in [0.1, 0.15) is 98.3 Å². The van der Waals surface area contributed by atoms with Crippen molar-refractivity contribution in [3.63, 3.8) is 0 Å². The Bertz CT molecular complexity index is 605. The van der Waals surface area contributed by atoms with Crippen molar-refractivity contribution in [2.24, 2.45) is 0 Å². The standard InChI is InChI=1S/C24H49O5PS/c1-6-10-14-15-21-30(18-11-7-2,19-12-8-3,20-13-9-4)23(5)24(25)29-17-16-22-31(26,27)28/h5-22H2,1-4H3,(H,26,27,28). The summed E-state index contributed by atoms with van der Waals surface area (Å²) in [6.45, 7) is 10.7. The van der Waals surface area contributed by atoms with E-state index in [-0.39, 0.29) is 19.0 Å². The number of carbonyl (C=O) groups is 1. The molecule has 0 saturated carbocycles. The van der Waals surface area contributed by atoms with Crippen LogP contribution >= 0.6 is 6.60 Å². The molecule has 31 heavy (non-hydrogen) atoms. The Morgan fingerprint density at radius 2 is 1.23 bits per heavy atom. The maximum absolute atomic E-state index is 13.2. The first-order chi connectivity index (χ1) is 14.6. The summed E-state index contributed by atoms with van der Waals surface area (Å²) in [5, 5.41) is 0.713. The summed E-state index contributed by atoms with van der Waals surface area (Å²) < 4.78 is 36.3. The van der Waals surface area contributed by atoms with E-state index in [4.69, 9.17) is 9.29 Å². The first-order valence-corrected chi connectivity index (χ1v) is 17.0. The fourth-order valence-corrected chi connectivity index (χ4v) is 12.6. The van der Waals surface area contributed by atoms with Gasteiger partial charge in [0.1, 0.15) is 0 Å². The van der Waals surface area contributed by atoms with Crippen molar-refractivity contribution in [3.8, 4) is 0 Å². The van der Waals surface area contributed by atoms with Gasteiger partial charge in [0.05, 0.1) is 0 Å². The fourth-order valence-electron chi connectivity index (χ4n) is 4.63. The second-order valence-corrected chi connectivity index (χ2v) is 17.1. The monoisotopic (exact) mass is 480 g/mol. The van der Waals surface area contributed by atoms with Crippen LogP contribution < -0.4 is 0 Å². The topological polar surface area (TPSA) is 80.7 Å². The Morgan fingerprint density at radius 3 is 1.65 bits per heavy atom. The molecule has 186 valence electrons. The molecule has 0 aromatic carbocycles. The predicted molar refractivity (Wildman–Crippen MR) is 136 cm³/mol. The van der Waals surface area contributed by atoms with Crippen molar-refractivity contribution < 1.29 is 22.5 Å². The van der Waals surface area contributed by atoms with E-state index >= 15 is 0 Å². The Labute approximate surface area is 192 Å². The molecule has 0 unspecified atom stereocenters. The molecule has 0 heterocycles. The number of hydrogen-bond acceptors (Lipinski definition) is 4. The first kappa shape index (κ1) is 30.6. The van der Waals surface area contributed by atoms with E-state index in [0.717, 1.165) is 69.6 Å². The molecule has 0 radical (unpaired) electrons. The van der Waals surface area contributed by atoms with Crippen molar-refractivity contribution in [2.45, 2.75) is 98.3 Å². The molecule has 0 aromatic heterocycles. The third-order valence-corrected chi connectivity index (χ3v) is 15.1. The molecule has 0 aliphatic heterocycles. The van der Waals surface area contributed by atoms with Crippen molar-refractivity contribution in [1.82, 2.24) is 0 Å². The first-order valence-electron chi connectivity index (χ1n) is 12.4. The zero-order chi connectivity index (χ0) is 23.8. The Balaban J connectivity index is 5.84. The molecule has 0 amide bonds. The molecule has 5 nitrogen and oxygen atoms in total. The maximum atomic E-state index is 13.2. The Hall–Kier alpha value is -0.450. The van der Waals surface area contributed by atoms with Crippen LogP contribution in [0.25, 0.3) is 0 Å². The van der Waals surface area contributed by atoms with E-state index in [1.807, 2.05) is 0 Å². The zero-order valence-corrected chi connectivity index (χ0v) is 22.4. The molecule has 0 saturated heterocycles. The molecule has 0 aliphatic carbocycles. The van der Waals surface area contributed by atoms with Crippen molar-refractivity contribution in [3.05, 3.63) is 11.9 Å². The molecule has 1 N–H and O–H groups in total. The zero-order valence-electron chi connectivity index (χ0n) is 20.7. The summed E-state index contributed by atoms with van der Waals surface area (Å²) >= 11 is 0. The van der Waals surface area contributed by atoms with Crippen molar-refractivity contribution in [2.75, 3.05) is 37.0 Å². The normalized spacial score (nSPS) is 13.5. The average Bonchev–Trinajstić information content (AvgIpc) is 2.74. The van der Waals surface area contributed by atoms with E-state index in [1.165, 1.54) is 19.3 Å². The van der Waals surface area contributed by atoms with E-state index in [1.54, 1.807) is 0 Å². The van der Waals surface area contributed by atoms with Gasteiger partial charge in [0, 0.05) is 0 Å². The summed E-state index contributed by atoms with van der Waals surface area (Å²) in [6.07, 6.45) is 15.8. The summed E-state index contributed by atoms with van der Waals surface area (Å²) in [4.78, 5) is 13.2. The van der Waals surface area contributed by atoms with Gasteiger partial charge in [0.25, 0.3) is 0 Å². The van der Waals surface area contributed by atoms with Crippen LogP contribution in [0.3, 0.4) is 0 Å². The van der Waals surface area contributed by atoms with Gasteiger partial charge in [-0.3, -0.25) is 0 Å². The average molecular weight is 481 g/mol. The van der Waals surface area contributed by atoms with E-state index in [2.05, 4.69) is 34.3 Å². The second-order valence-electron chi connectivity index (χ2n) is 9.21. The van der Waals surface area contributed by atoms with Crippen LogP contribution in [0.15, 0.2) is 11.9 Å². The molecule has 0 rings (SSSR count). The molecule has 0 aromatic rings. The number of esters is 1. The molecule has 7 heteroatoms. The Kier molecular flexibility index (Phi) is 15.2. The van der Waals surface area contributed by atoms with Gasteiger partial charge < -0.3 is 0 Å². The fraction of sp³-hybridized carbons (Fsp3) is 0.875. The molecule has 0 fully saturated rings. The molecule has 0 aliphatic rings. The van der Waals surface area contributed by atoms with Gasteiger partial charge in [-0.2, -0.15) is 0 Å². The summed E-state index contributed by atoms with van der Waals surface area (Å²) in [7, 11) is -4.04. The third-order valence-electron chi connectivity index (χ3n) is 6.67. The third kappa shape index (κ3) is 10.8. The number of hydrogen-bond donors (Lipinski definition) is 1. The second kappa shape index (κ2) is 15.4. The van der Waals surface area contributed by atoms with E-state index in [9.17, 15) is 13.2 Å². The van der Waals surface area contributed by atoms with Gasteiger partial charge in [0.15, 0.2) is 0 Å². The van der Waals surface area contributed by atoms with Crippen LogP contribution in [0.4, 0.5) is 0 Å². The van der Waals surface area contributed by atoms with Crippen LogP contribution in [0.2, 0.25) is 0 Å². The van der Waals surface area contributed by atoms with Gasteiger partial charge in [-0.25, -0.2) is 0 Å². The molecule has 0 bridgehead atoms. The van der Waals surface area contributed by atoms with Gasteiger partial charge in [0.2, 0.25) is 0 Å². The summed E-state index contributed by atoms with van der Waals surface area (Å²) in [6, 6.07) is 0. The number of unbranched alkanes of at least 4 members (excludes halogenated alkanes) is 6. The van der Waals surface area contributed by atoms with Gasteiger partial charge in [-0.1, -0.05) is 0 Å². The number of ether oxygens (including phenoxy) is 1. The van der Waals surface area contributed by atoms with Crippen molar-refractivity contribution >= 4 is 22.7 Å². The van der Waals surface area contributed by atoms with Crippen molar-refractivity contribution in [1.29, 1.82) is 0 Å². The van der Waals surface area contributed by atoms with E-state index in [0.29, 0.717) is 5.31 Å². The van der Waals surface area contributed by atoms with Crippen LogP contribution in [0.5, 0.6) is 0 Å². The summed E-state index contributed by atoms with van der Waals surface area (Å²) in [5.41, 5.74) is 0. The van der Waals surface area contributed by atoms with Gasteiger partial charge in [-0.15, -0.1) is 0 Å². The number of rotatable bonds is 20. The van der Waals surface area contributed by atoms with Crippen LogP contribution in [-0.2, 0) is 19.6 Å². The molecule has 0 spiro atoms. The minimum absolute atomic E-state index is 0.00466. The predicted octanol–water partition coefficient (Wildman–Crippen LogP) is 6.86. The quantitative estimate of drug-likeness (QED) is 0.0677. The van der Waals surface area contributed by atoms with Crippen LogP contribution in [-0.4, -0.2) is 55.9 Å².